The van der Waals surface area contributed by atoms with Crippen molar-refractivity contribution in [3.63, 3.8) is 0 Å². The predicted octanol–water partition coefficient (Wildman–Crippen LogP) is 5.43. The maximum atomic E-state index is 5.82. The van der Waals surface area contributed by atoms with Crippen LogP contribution in [-0.2, 0) is 4.74 Å². The van der Waals surface area contributed by atoms with Gasteiger partial charge in [-0.15, -0.1) is 6.58 Å². The summed E-state index contributed by atoms with van der Waals surface area (Å²) in [5.41, 5.74) is 11.7. The second kappa shape index (κ2) is 19.0. The summed E-state index contributed by atoms with van der Waals surface area (Å²) < 4.78 is 5.82. The lowest BCUT2D eigenvalue weighted by molar-refractivity contribution is 0.0299. The Bertz CT molecular complexity index is 244. The van der Waals surface area contributed by atoms with Gasteiger partial charge in [0.2, 0.25) is 0 Å². The van der Waals surface area contributed by atoms with Gasteiger partial charge in [0.1, 0.15) is 0 Å². The van der Waals surface area contributed by atoms with Crippen molar-refractivity contribution in [1.29, 1.82) is 0 Å². The highest BCUT2D eigenvalue weighted by Gasteiger charge is 2.27. The molecule has 0 saturated carbocycles. The maximum Gasteiger partial charge on any atom is 0.0588 e. The summed E-state index contributed by atoms with van der Waals surface area (Å²) in [6, 6.07) is 0.346. The number of hydrogen-bond donors (Lipinski definition) is 2. The van der Waals surface area contributed by atoms with Gasteiger partial charge in [0.05, 0.1) is 13.2 Å². The first kappa shape index (κ1) is 25.9. The standard InChI is InChI=1S/C18H40N2O.C3H6/c1-4-6-9-12-18(5-2,16-21-15-14-19)13-10-7-8-11-17(3)20;1-3-2/h17H,4-16,19-20H2,1-3H3;3H,1H2,2H3. The van der Waals surface area contributed by atoms with Crippen LogP contribution in [0.25, 0.3) is 0 Å². The maximum absolute atomic E-state index is 5.82. The first-order chi connectivity index (χ1) is 11.5. The van der Waals surface area contributed by atoms with Gasteiger partial charge < -0.3 is 16.2 Å². The smallest absolute Gasteiger partial charge is 0.0588 e. The Kier molecular flexibility index (Phi) is 20.4. The summed E-state index contributed by atoms with van der Waals surface area (Å²) in [7, 11) is 0. The Morgan fingerprint density at radius 2 is 1.67 bits per heavy atom. The Labute approximate surface area is 152 Å². The molecule has 0 aromatic heterocycles. The van der Waals surface area contributed by atoms with Crippen LogP contribution in [-0.4, -0.2) is 25.8 Å². The van der Waals surface area contributed by atoms with E-state index in [-0.39, 0.29) is 0 Å². The number of allylic oxidation sites excluding steroid dienone is 1. The Morgan fingerprint density at radius 1 is 1.08 bits per heavy atom. The monoisotopic (exact) mass is 342 g/mol. The molecule has 0 aliphatic rings. The highest BCUT2D eigenvalue weighted by molar-refractivity contribution is 4.78. The van der Waals surface area contributed by atoms with E-state index >= 15 is 0 Å². The Morgan fingerprint density at radius 3 is 2.12 bits per heavy atom. The second-order valence-corrected chi connectivity index (χ2v) is 7.14. The van der Waals surface area contributed by atoms with Crippen molar-refractivity contribution in [2.75, 3.05) is 19.8 Å². The zero-order chi connectivity index (χ0) is 18.7. The van der Waals surface area contributed by atoms with E-state index in [1.165, 1.54) is 57.8 Å². The largest absolute Gasteiger partial charge is 0.380 e. The molecule has 0 aliphatic carbocycles. The third kappa shape index (κ3) is 16.5. The molecule has 0 rings (SSSR count). The number of unbranched alkanes of at least 4 members (excludes halogenated alkanes) is 4. The molecule has 4 N–H and O–H groups in total. The second-order valence-electron chi connectivity index (χ2n) is 7.14. The average Bonchev–Trinajstić information content (AvgIpc) is 2.55. The molecule has 0 spiro atoms. The summed E-state index contributed by atoms with van der Waals surface area (Å²) in [5, 5.41) is 0. The molecular formula is C21H46N2O. The molecule has 0 amide bonds. The lowest BCUT2D eigenvalue weighted by atomic mass is 9.76. The molecular weight excluding hydrogens is 296 g/mol. The highest BCUT2D eigenvalue weighted by Crippen LogP contribution is 2.35. The van der Waals surface area contributed by atoms with E-state index < -0.39 is 0 Å². The summed E-state index contributed by atoms with van der Waals surface area (Å²) >= 11 is 0. The van der Waals surface area contributed by atoms with Gasteiger partial charge in [0, 0.05) is 12.6 Å². The molecule has 0 radical (unpaired) electrons. The average molecular weight is 343 g/mol. The third-order valence-electron chi connectivity index (χ3n) is 4.60. The molecule has 0 fully saturated rings. The molecule has 0 aromatic carbocycles. The molecule has 24 heavy (non-hydrogen) atoms. The first-order valence-corrected chi connectivity index (χ1v) is 10.1. The van der Waals surface area contributed by atoms with Crippen LogP contribution in [0.4, 0.5) is 0 Å². The molecule has 0 aromatic rings. The van der Waals surface area contributed by atoms with Gasteiger partial charge in [-0.3, -0.25) is 0 Å². The van der Waals surface area contributed by atoms with Crippen molar-refractivity contribution >= 4 is 0 Å². The van der Waals surface area contributed by atoms with E-state index in [4.69, 9.17) is 16.2 Å². The minimum absolute atomic E-state index is 0.346. The number of rotatable bonds is 15. The molecule has 3 heteroatoms. The van der Waals surface area contributed by atoms with Gasteiger partial charge in [-0.25, -0.2) is 0 Å². The van der Waals surface area contributed by atoms with Crippen LogP contribution in [0, 0.1) is 5.41 Å². The highest BCUT2D eigenvalue weighted by atomic mass is 16.5. The quantitative estimate of drug-likeness (QED) is 0.308. The molecule has 0 heterocycles. The van der Waals surface area contributed by atoms with Crippen LogP contribution >= 0.6 is 0 Å². The fourth-order valence-corrected chi connectivity index (χ4v) is 2.99. The molecule has 2 unspecified atom stereocenters. The minimum atomic E-state index is 0.346. The Hall–Kier alpha value is -0.380. The van der Waals surface area contributed by atoms with Gasteiger partial charge >= 0.3 is 0 Å². The fraction of sp³-hybridized carbons (Fsp3) is 0.905. The van der Waals surface area contributed by atoms with Crippen molar-refractivity contribution < 1.29 is 4.74 Å². The zero-order valence-electron chi connectivity index (χ0n) is 17.1. The zero-order valence-corrected chi connectivity index (χ0v) is 17.1. The van der Waals surface area contributed by atoms with Crippen LogP contribution in [0.1, 0.15) is 91.9 Å². The van der Waals surface area contributed by atoms with Gasteiger partial charge in [0.25, 0.3) is 0 Å². The van der Waals surface area contributed by atoms with E-state index in [1.54, 1.807) is 6.08 Å². The van der Waals surface area contributed by atoms with Crippen molar-refractivity contribution in [3.05, 3.63) is 12.7 Å². The minimum Gasteiger partial charge on any atom is -0.380 e. The molecule has 146 valence electrons. The van der Waals surface area contributed by atoms with Gasteiger partial charge in [-0.2, -0.15) is 0 Å². The number of hydrogen-bond acceptors (Lipinski definition) is 3. The van der Waals surface area contributed by atoms with Crippen LogP contribution in [0.5, 0.6) is 0 Å². The van der Waals surface area contributed by atoms with Crippen molar-refractivity contribution in [1.82, 2.24) is 0 Å². The number of ether oxygens (including phenoxy) is 1. The van der Waals surface area contributed by atoms with Crippen molar-refractivity contribution in [3.8, 4) is 0 Å². The van der Waals surface area contributed by atoms with Crippen LogP contribution in [0.2, 0.25) is 0 Å². The van der Waals surface area contributed by atoms with Crippen molar-refractivity contribution in [2.45, 2.75) is 97.9 Å². The van der Waals surface area contributed by atoms with Gasteiger partial charge in [-0.05, 0) is 44.9 Å². The fourth-order valence-electron chi connectivity index (χ4n) is 2.99. The lowest BCUT2D eigenvalue weighted by Crippen LogP contribution is -2.28. The van der Waals surface area contributed by atoms with Crippen molar-refractivity contribution in [2.24, 2.45) is 16.9 Å². The van der Waals surface area contributed by atoms with E-state index in [2.05, 4.69) is 27.4 Å². The van der Waals surface area contributed by atoms with Crippen LogP contribution < -0.4 is 11.5 Å². The third-order valence-corrected chi connectivity index (χ3v) is 4.60. The summed E-state index contributed by atoms with van der Waals surface area (Å²) in [5.74, 6) is 0. The molecule has 0 saturated heterocycles. The van der Waals surface area contributed by atoms with E-state index in [0.717, 1.165) is 13.0 Å². The summed E-state index contributed by atoms with van der Waals surface area (Å²) in [4.78, 5) is 0. The summed E-state index contributed by atoms with van der Waals surface area (Å²) in [6.45, 7) is 14.1. The topological polar surface area (TPSA) is 61.3 Å². The van der Waals surface area contributed by atoms with Crippen LogP contribution in [0.3, 0.4) is 0 Å². The van der Waals surface area contributed by atoms with Gasteiger partial charge in [-0.1, -0.05) is 58.4 Å². The number of nitrogens with two attached hydrogens (primary N) is 2. The first-order valence-electron chi connectivity index (χ1n) is 10.1. The molecule has 0 bridgehead atoms. The molecule has 2 atom stereocenters. The van der Waals surface area contributed by atoms with E-state index in [1.807, 2.05) is 6.92 Å². The molecule has 0 aliphatic heterocycles. The van der Waals surface area contributed by atoms with Crippen LogP contribution in [0.15, 0.2) is 12.7 Å². The molecule has 3 nitrogen and oxygen atoms in total. The summed E-state index contributed by atoms with van der Waals surface area (Å²) in [6.07, 6.45) is 14.5. The van der Waals surface area contributed by atoms with E-state index in [9.17, 15) is 0 Å². The lowest BCUT2D eigenvalue weighted by Gasteiger charge is -2.33. The van der Waals surface area contributed by atoms with Gasteiger partial charge in [0.15, 0.2) is 0 Å². The predicted molar refractivity (Wildman–Crippen MR) is 109 cm³/mol. The SMILES string of the molecule is C=CC.CCCCCC(CC)(CCCCCC(C)N)COCCN. The Balaban J connectivity index is 0. The van der Waals surface area contributed by atoms with E-state index in [0.29, 0.717) is 24.6 Å². The normalized spacial score (nSPS) is 14.4.